The molecule has 2 heterocycles. The Hall–Kier alpha value is -3.31. The highest BCUT2D eigenvalue weighted by molar-refractivity contribution is 7.98. The van der Waals surface area contributed by atoms with Gasteiger partial charge in [-0.15, -0.1) is 10.2 Å². The number of hydrogen-bond acceptors (Lipinski definition) is 8. The van der Waals surface area contributed by atoms with Gasteiger partial charge in [-0.1, -0.05) is 23.9 Å². The molecule has 188 valence electrons. The van der Waals surface area contributed by atoms with Crippen LogP contribution in [-0.4, -0.2) is 49.8 Å². The number of benzene rings is 2. The smallest absolute Gasteiger partial charge is 0.258 e. The number of methoxy groups -OCH3 is 1. The quantitative estimate of drug-likeness (QED) is 0.282. The third-order valence-corrected chi connectivity index (χ3v) is 7.26. The predicted octanol–water partition coefficient (Wildman–Crippen LogP) is 4.06. The third kappa shape index (κ3) is 5.90. The van der Waals surface area contributed by atoms with E-state index in [4.69, 9.17) is 4.74 Å². The van der Waals surface area contributed by atoms with Crippen molar-refractivity contribution in [1.82, 2.24) is 30.0 Å². The summed E-state index contributed by atoms with van der Waals surface area (Å²) < 4.78 is 7.19. The Morgan fingerprint density at radius 3 is 2.67 bits per heavy atom. The number of carbonyl (C=O) groups excluding carboxylic acids is 1. The molecule has 4 rings (SSSR count). The molecule has 0 aliphatic carbocycles. The highest BCUT2D eigenvalue weighted by Crippen LogP contribution is 2.26. The minimum absolute atomic E-state index is 0.160. The molecule has 36 heavy (non-hydrogen) atoms. The average molecular weight is 525 g/mol. The van der Waals surface area contributed by atoms with Gasteiger partial charge in [0.25, 0.3) is 11.5 Å². The monoisotopic (exact) mass is 524 g/mol. The van der Waals surface area contributed by atoms with Crippen molar-refractivity contribution >= 4 is 40.3 Å². The molecular weight excluding hydrogens is 496 g/mol. The minimum Gasteiger partial charge on any atom is -0.497 e. The lowest BCUT2D eigenvalue weighted by molar-refractivity contribution is 0.0933. The molecule has 1 atom stereocenters. The summed E-state index contributed by atoms with van der Waals surface area (Å²) in [5.74, 6) is 3.08. The lowest BCUT2D eigenvalue weighted by Gasteiger charge is -2.19. The zero-order valence-corrected chi connectivity index (χ0v) is 22.0. The van der Waals surface area contributed by atoms with Crippen LogP contribution in [0.2, 0.25) is 0 Å². The van der Waals surface area contributed by atoms with Crippen molar-refractivity contribution in [3.05, 3.63) is 76.1 Å². The summed E-state index contributed by atoms with van der Waals surface area (Å²) in [7, 11) is 1.59. The number of aromatic amines is 1. The van der Waals surface area contributed by atoms with Gasteiger partial charge in [0.15, 0.2) is 11.0 Å². The third-order valence-electron chi connectivity index (χ3n) is 5.64. The summed E-state index contributed by atoms with van der Waals surface area (Å²) in [6.45, 7) is 2.66. The number of nitrogens with one attached hydrogen (secondary N) is 2. The second-order valence-electron chi connectivity index (χ2n) is 7.94. The van der Waals surface area contributed by atoms with E-state index in [0.29, 0.717) is 57.7 Å². The van der Waals surface area contributed by atoms with Crippen LogP contribution in [-0.2, 0) is 12.3 Å². The maximum absolute atomic E-state index is 13.0. The predicted molar refractivity (Wildman–Crippen MR) is 144 cm³/mol. The molecule has 0 spiro atoms. The summed E-state index contributed by atoms with van der Waals surface area (Å²) >= 11 is 3.16. The van der Waals surface area contributed by atoms with E-state index in [-0.39, 0.29) is 17.5 Å². The molecule has 0 bridgehead atoms. The van der Waals surface area contributed by atoms with Crippen LogP contribution in [0.1, 0.15) is 41.4 Å². The maximum Gasteiger partial charge on any atom is 0.258 e. The van der Waals surface area contributed by atoms with Gasteiger partial charge in [0, 0.05) is 12.1 Å². The molecule has 0 aliphatic heterocycles. The Labute approximate surface area is 217 Å². The Morgan fingerprint density at radius 2 is 1.94 bits per heavy atom. The van der Waals surface area contributed by atoms with Gasteiger partial charge in [-0.3, -0.25) is 9.59 Å². The first-order valence-corrected chi connectivity index (χ1v) is 13.9. The summed E-state index contributed by atoms with van der Waals surface area (Å²) in [4.78, 5) is 32.8. The summed E-state index contributed by atoms with van der Waals surface area (Å²) in [6.07, 6.45) is 2.75. The zero-order chi connectivity index (χ0) is 25.5. The number of aromatic nitrogens is 5. The maximum atomic E-state index is 13.0. The van der Waals surface area contributed by atoms with E-state index in [1.165, 1.54) is 11.8 Å². The van der Waals surface area contributed by atoms with Crippen LogP contribution in [0.5, 0.6) is 5.75 Å². The Balaban J connectivity index is 1.53. The number of carbonyl (C=O) groups is 1. The highest BCUT2D eigenvalue weighted by atomic mass is 32.2. The first kappa shape index (κ1) is 25.8. The average Bonchev–Trinajstić information content (AvgIpc) is 3.32. The van der Waals surface area contributed by atoms with Crippen molar-refractivity contribution in [3.63, 3.8) is 0 Å². The topological polar surface area (TPSA) is 115 Å². The zero-order valence-electron chi connectivity index (χ0n) is 20.4. The fourth-order valence-corrected chi connectivity index (χ4v) is 5.13. The van der Waals surface area contributed by atoms with E-state index in [2.05, 4.69) is 25.5 Å². The van der Waals surface area contributed by atoms with Crippen molar-refractivity contribution in [2.45, 2.75) is 36.8 Å². The lowest BCUT2D eigenvalue weighted by Crippen LogP contribution is -2.31. The number of para-hydroxylation sites is 1. The molecule has 0 radical (unpaired) electrons. The Morgan fingerprint density at radius 1 is 1.17 bits per heavy atom. The standard InChI is InChI=1S/C25H28N6O3S2/c1-4-31-22(20(13-14-35-3)27-23(32)16-9-11-17(34-2)12-10-16)29-30-25(31)36-15-21-26-19-8-6-5-7-18(19)24(33)28-21/h5-12,20H,4,13-15H2,1-3H3,(H,27,32)(H,26,28,33). The van der Waals surface area contributed by atoms with Crippen molar-refractivity contribution < 1.29 is 9.53 Å². The number of fused-ring (bicyclic) bond motifs is 1. The van der Waals surface area contributed by atoms with E-state index in [1.807, 2.05) is 35.9 Å². The van der Waals surface area contributed by atoms with Gasteiger partial charge in [0.1, 0.15) is 11.6 Å². The number of rotatable bonds is 11. The van der Waals surface area contributed by atoms with E-state index in [1.54, 1.807) is 49.2 Å². The molecule has 2 aromatic heterocycles. The van der Waals surface area contributed by atoms with Gasteiger partial charge in [-0.25, -0.2) is 4.98 Å². The fourth-order valence-electron chi connectivity index (χ4n) is 3.78. The Bertz CT molecular complexity index is 1390. The van der Waals surface area contributed by atoms with E-state index < -0.39 is 0 Å². The van der Waals surface area contributed by atoms with Crippen molar-refractivity contribution in [3.8, 4) is 5.75 Å². The SMILES string of the molecule is CCn1c(SCc2nc3ccccc3c(=O)[nH]2)nnc1C(CCSC)NC(=O)c1ccc(OC)cc1. The van der Waals surface area contributed by atoms with Crippen LogP contribution in [0, 0.1) is 0 Å². The molecule has 0 saturated heterocycles. The summed E-state index contributed by atoms with van der Waals surface area (Å²) in [5.41, 5.74) is 1.05. The molecular formula is C25H28N6O3S2. The van der Waals surface area contributed by atoms with E-state index in [9.17, 15) is 9.59 Å². The van der Waals surface area contributed by atoms with Gasteiger partial charge < -0.3 is 19.6 Å². The Kier molecular flexibility index (Phi) is 8.65. The van der Waals surface area contributed by atoms with Gasteiger partial charge in [-0.05, 0) is 61.8 Å². The summed E-state index contributed by atoms with van der Waals surface area (Å²) in [5, 5.41) is 13.2. The normalized spacial score (nSPS) is 12.0. The van der Waals surface area contributed by atoms with Gasteiger partial charge >= 0.3 is 0 Å². The van der Waals surface area contributed by atoms with E-state index in [0.717, 1.165) is 5.75 Å². The number of thioether (sulfide) groups is 2. The number of ether oxygens (including phenoxy) is 1. The minimum atomic E-state index is -0.299. The highest BCUT2D eigenvalue weighted by Gasteiger charge is 2.23. The van der Waals surface area contributed by atoms with Gasteiger partial charge in [0.2, 0.25) is 0 Å². The lowest BCUT2D eigenvalue weighted by atomic mass is 10.1. The van der Waals surface area contributed by atoms with Crippen molar-refractivity contribution in [1.29, 1.82) is 0 Å². The molecule has 11 heteroatoms. The largest absolute Gasteiger partial charge is 0.497 e. The molecule has 1 unspecified atom stereocenters. The molecule has 0 saturated carbocycles. The van der Waals surface area contributed by atoms with Crippen molar-refractivity contribution in [2.24, 2.45) is 0 Å². The fraction of sp³-hybridized carbons (Fsp3) is 0.320. The number of H-pyrrole nitrogens is 1. The second-order valence-corrected chi connectivity index (χ2v) is 9.87. The molecule has 0 fully saturated rings. The molecule has 4 aromatic rings. The second kappa shape index (κ2) is 12.1. The van der Waals surface area contributed by atoms with Gasteiger partial charge in [0.05, 0.1) is 29.8 Å². The first-order valence-electron chi connectivity index (χ1n) is 11.5. The summed E-state index contributed by atoms with van der Waals surface area (Å²) in [6, 6.07) is 14.0. The molecule has 1 amide bonds. The van der Waals surface area contributed by atoms with Crippen LogP contribution in [0.4, 0.5) is 0 Å². The molecule has 0 aliphatic rings. The number of amides is 1. The molecule has 2 N–H and O–H groups in total. The van der Waals surface area contributed by atoms with Crippen LogP contribution in [0.15, 0.2) is 58.5 Å². The van der Waals surface area contributed by atoms with Crippen LogP contribution >= 0.6 is 23.5 Å². The number of hydrogen-bond donors (Lipinski definition) is 2. The number of nitrogens with zero attached hydrogens (tertiary/aromatic N) is 4. The van der Waals surface area contributed by atoms with Gasteiger partial charge in [-0.2, -0.15) is 11.8 Å². The molecule has 9 nitrogen and oxygen atoms in total. The van der Waals surface area contributed by atoms with Crippen LogP contribution in [0.25, 0.3) is 10.9 Å². The molecule has 2 aromatic carbocycles. The van der Waals surface area contributed by atoms with E-state index >= 15 is 0 Å². The van der Waals surface area contributed by atoms with Crippen molar-refractivity contribution in [2.75, 3.05) is 19.1 Å². The first-order chi connectivity index (χ1) is 17.5. The van der Waals surface area contributed by atoms with Crippen LogP contribution < -0.4 is 15.6 Å². The van der Waals surface area contributed by atoms with Crippen LogP contribution in [0.3, 0.4) is 0 Å².